The fourth-order valence-electron chi connectivity index (χ4n) is 3.49. The van der Waals surface area contributed by atoms with Gasteiger partial charge in [-0.1, -0.05) is 11.8 Å². The van der Waals surface area contributed by atoms with Gasteiger partial charge in [0.15, 0.2) is 11.0 Å². The van der Waals surface area contributed by atoms with Crippen molar-refractivity contribution in [2.75, 3.05) is 6.61 Å². The number of hydrogen-bond acceptors (Lipinski definition) is 7. The number of nitrogens with one attached hydrogen (secondary N) is 1. The molecule has 1 unspecified atom stereocenters. The Bertz CT molecular complexity index is 1230. The number of halogens is 1. The zero-order valence-corrected chi connectivity index (χ0v) is 17.5. The number of hydrogen-bond donors (Lipinski definition) is 1. The quantitative estimate of drug-likeness (QED) is 0.456. The monoisotopic (exact) mass is 443 g/mol. The van der Waals surface area contributed by atoms with Crippen molar-refractivity contribution in [3.63, 3.8) is 0 Å². The second-order valence-corrected chi connectivity index (χ2v) is 8.85. The number of thioether (sulfide) groups is 1. The number of benzene rings is 1. The first-order valence-corrected chi connectivity index (χ1v) is 11.4. The maximum absolute atomic E-state index is 13.4. The molecule has 0 amide bonds. The van der Waals surface area contributed by atoms with Crippen LogP contribution >= 0.6 is 23.1 Å². The number of nitrogens with zero attached hydrogens (tertiary/aromatic N) is 4. The molecule has 5 rings (SSSR count). The molecular weight excluding hydrogens is 425 g/mol. The molecule has 1 aliphatic heterocycles. The predicted octanol–water partition coefficient (Wildman–Crippen LogP) is 3.85. The summed E-state index contributed by atoms with van der Waals surface area (Å²) < 4.78 is 21.8. The number of aromatic amines is 1. The summed E-state index contributed by atoms with van der Waals surface area (Å²) in [5.41, 5.74) is 1.37. The second kappa shape index (κ2) is 8.29. The molecule has 1 fully saturated rings. The third-order valence-electron chi connectivity index (χ3n) is 4.93. The standard InChI is InChI=1S/C20H18FN5O2S2/c21-13-5-3-12(4-6-13)18-24-25-20(26(18)10-14-2-1-8-28-14)30-11-16-22-15-7-9-29-17(15)19(27)23-16/h3-7,9,14H,1-2,8,10-11H2,(H,22,23,27). The number of rotatable bonds is 6. The van der Waals surface area contributed by atoms with Crippen molar-refractivity contribution in [1.29, 1.82) is 0 Å². The van der Waals surface area contributed by atoms with Gasteiger partial charge in [-0.15, -0.1) is 21.5 Å². The number of fused-ring (bicyclic) bond motifs is 1. The Balaban J connectivity index is 1.44. The number of H-pyrrole nitrogens is 1. The molecule has 0 aliphatic carbocycles. The van der Waals surface area contributed by atoms with Gasteiger partial charge in [0, 0.05) is 12.2 Å². The summed E-state index contributed by atoms with van der Waals surface area (Å²) in [6, 6.07) is 8.07. The Morgan fingerprint density at radius 2 is 2.13 bits per heavy atom. The van der Waals surface area contributed by atoms with E-state index < -0.39 is 0 Å². The van der Waals surface area contributed by atoms with Crippen LogP contribution < -0.4 is 5.56 Å². The molecule has 0 radical (unpaired) electrons. The summed E-state index contributed by atoms with van der Waals surface area (Å²) in [5.74, 6) is 1.42. The Kier molecular flexibility index (Phi) is 5.36. The van der Waals surface area contributed by atoms with E-state index in [1.54, 1.807) is 12.1 Å². The molecule has 30 heavy (non-hydrogen) atoms. The van der Waals surface area contributed by atoms with Crippen LogP contribution in [0.25, 0.3) is 21.6 Å². The summed E-state index contributed by atoms with van der Waals surface area (Å²) in [6.07, 6.45) is 2.11. The van der Waals surface area contributed by atoms with Crippen molar-refractivity contribution in [2.24, 2.45) is 0 Å². The van der Waals surface area contributed by atoms with E-state index in [2.05, 4.69) is 20.2 Å². The van der Waals surface area contributed by atoms with E-state index in [-0.39, 0.29) is 17.5 Å². The Morgan fingerprint density at radius 1 is 1.27 bits per heavy atom. The van der Waals surface area contributed by atoms with E-state index in [1.807, 2.05) is 16.0 Å². The number of ether oxygens (including phenoxy) is 1. The van der Waals surface area contributed by atoms with Gasteiger partial charge in [-0.25, -0.2) is 9.37 Å². The zero-order valence-electron chi connectivity index (χ0n) is 15.9. The molecule has 7 nitrogen and oxygen atoms in total. The van der Waals surface area contributed by atoms with Crippen molar-refractivity contribution in [3.8, 4) is 11.4 Å². The molecule has 0 saturated carbocycles. The lowest BCUT2D eigenvalue weighted by atomic mass is 10.2. The van der Waals surface area contributed by atoms with Crippen molar-refractivity contribution in [2.45, 2.75) is 36.4 Å². The van der Waals surface area contributed by atoms with Crippen LogP contribution in [0.1, 0.15) is 18.7 Å². The van der Waals surface area contributed by atoms with Gasteiger partial charge in [0.2, 0.25) is 0 Å². The van der Waals surface area contributed by atoms with Crippen molar-refractivity contribution < 1.29 is 9.13 Å². The molecule has 1 N–H and O–H groups in total. The smallest absolute Gasteiger partial charge is 0.268 e. The summed E-state index contributed by atoms with van der Waals surface area (Å²) >= 11 is 2.83. The van der Waals surface area contributed by atoms with Gasteiger partial charge in [-0.2, -0.15) is 0 Å². The lowest BCUT2D eigenvalue weighted by Crippen LogP contribution is -2.17. The molecule has 1 aromatic carbocycles. The van der Waals surface area contributed by atoms with Crippen LogP contribution in [0.4, 0.5) is 4.39 Å². The van der Waals surface area contributed by atoms with Crippen LogP contribution in [0.15, 0.2) is 45.7 Å². The zero-order chi connectivity index (χ0) is 20.5. The van der Waals surface area contributed by atoms with E-state index >= 15 is 0 Å². The van der Waals surface area contributed by atoms with Crippen LogP contribution in [0.3, 0.4) is 0 Å². The first-order valence-electron chi connectivity index (χ1n) is 9.57. The third kappa shape index (κ3) is 3.90. The lowest BCUT2D eigenvalue weighted by molar-refractivity contribution is 0.0953. The molecule has 0 spiro atoms. The maximum atomic E-state index is 13.4. The fourth-order valence-corrected chi connectivity index (χ4v) is 5.03. The van der Waals surface area contributed by atoms with Gasteiger partial charge in [-0.05, 0) is 48.6 Å². The maximum Gasteiger partial charge on any atom is 0.268 e. The van der Waals surface area contributed by atoms with Crippen molar-refractivity contribution >= 4 is 33.3 Å². The molecule has 3 aromatic heterocycles. The topological polar surface area (TPSA) is 85.7 Å². The molecule has 154 valence electrons. The van der Waals surface area contributed by atoms with Crippen LogP contribution in [0, 0.1) is 5.82 Å². The molecule has 0 bridgehead atoms. The van der Waals surface area contributed by atoms with Crippen molar-refractivity contribution in [1.82, 2.24) is 24.7 Å². The summed E-state index contributed by atoms with van der Waals surface area (Å²) in [5, 5.41) is 11.3. The van der Waals surface area contributed by atoms with Crippen LogP contribution in [0.2, 0.25) is 0 Å². The molecule has 10 heteroatoms. The highest BCUT2D eigenvalue weighted by Crippen LogP contribution is 2.28. The van der Waals surface area contributed by atoms with E-state index in [4.69, 9.17) is 4.74 Å². The first kappa shape index (κ1) is 19.4. The van der Waals surface area contributed by atoms with Gasteiger partial charge < -0.3 is 9.72 Å². The van der Waals surface area contributed by atoms with Gasteiger partial charge in [-0.3, -0.25) is 9.36 Å². The first-order chi connectivity index (χ1) is 14.7. The fraction of sp³-hybridized carbons (Fsp3) is 0.300. The molecule has 1 atom stereocenters. The highest BCUT2D eigenvalue weighted by molar-refractivity contribution is 7.98. The van der Waals surface area contributed by atoms with Crippen molar-refractivity contribution in [3.05, 3.63) is 57.7 Å². The molecule has 1 aliphatic rings. The SMILES string of the molecule is O=c1[nH]c(CSc2nnc(-c3ccc(F)cc3)n2CC2CCCO2)nc2ccsc12. The minimum atomic E-state index is -0.294. The van der Waals surface area contributed by atoms with E-state index in [9.17, 15) is 9.18 Å². The lowest BCUT2D eigenvalue weighted by Gasteiger charge is -2.14. The molecule has 4 heterocycles. The van der Waals surface area contributed by atoms with Gasteiger partial charge in [0.1, 0.15) is 16.3 Å². The van der Waals surface area contributed by atoms with Crippen LogP contribution in [0.5, 0.6) is 0 Å². The number of aromatic nitrogens is 5. The normalized spacial score (nSPS) is 16.5. The Hall–Kier alpha value is -2.56. The van der Waals surface area contributed by atoms with Gasteiger partial charge in [0.25, 0.3) is 5.56 Å². The highest BCUT2D eigenvalue weighted by Gasteiger charge is 2.22. The van der Waals surface area contributed by atoms with Crippen LogP contribution in [-0.2, 0) is 17.0 Å². The highest BCUT2D eigenvalue weighted by atomic mass is 32.2. The molecule has 1 saturated heterocycles. The van der Waals surface area contributed by atoms with Crippen LogP contribution in [-0.4, -0.2) is 37.4 Å². The Labute approximate surface area is 179 Å². The van der Waals surface area contributed by atoms with E-state index in [0.717, 1.165) is 25.0 Å². The minimum absolute atomic E-state index is 0.0969. The largest absolute Gasteiger partial charge is 0.376 e. The van der Waals surface area contributed by atoms with Gasteiger partial charge in [0.05, 0.1) is 23.9 Å². The molecule has 4 aromatic rings. The third-order valence-corrected chi connectivity index (χ3v) is 6.81. The number of thiophene rings is 1. The summed E-state index contributed by atoms with van der Waals surface area (Å²) in [6.45, 7) is 1.38. The summed E-state index contributed by atoms with van der Waals surface area (Å²) in [4.78, 5) is 19.6. The second-order valence-electron chi connectivity index (χ2n) is 6.99. The minimum Gasteiger partial charge on any atom is -0.376 e. The average molecular weight is 444 g/mol. The van der Waals surface area contributed by atoms with E-state index in [0.29, 0.717) is 39.3 Å². The average Bonchev–Trinajstić information content (AvgIpc) is 3.49. The Morgan fingerprint density at radius 3 is 2.93 bits per heavy atom. The molecular formula is C20H18FN5O2S2. The predicted molar refractivity (Wildman–Crippen MR) is 114 cm³/mol. The van der Waals surface area contributed by atoms with E-state index in [1.165, 1.54) is 35.2 Å². The summed E-state index contributed by atoms with van der Waals surface area (Å²) in [7, 11) is 0. The van der Waals surface area contributed by atoms with Gasteiger partial charge >= 0.3 is 0 Å².